The highest BCUT2D eigenvalue weighted by molar-refractivity contribution is 8.00. The minimum Gasteiger partial charge on any atom is -0.378 e. The molecule has 0 saturated heterocycles. The van der Waals surface area contributed by atoms with Gasteiger partial charge in [0.05, 0.1) is 12.2 Å². The van der Waals surface area contributed by atoms with Crippen molar-refractivity contribution in [2.75, 3.05) is 5.32 Å². The largest absolute Gasteiger partial charge is 0.446 e. The van der Waals surface area contributed by atoms with Crippen LogP contribution in [0.4, 0.5) is 23.2 Å². The van der Waals surface area contributed by atoms with Crippen LogP contribution in [0, 0.1) is 5.82 Å². The van der Waals surface area contributed by atoms with E-state index in [1.807, 2.05) is 0 Å². The molecule has 108 valence electrons. The van der Waals surface area contributed by atoms with Gasteiger partial charge in [-0.05, 0) is 30.0 Å². The molecule has 20 heavy (non-hydrogen) atoms. The Hall–Kier alpha value is -0.990. The van der Waals surface area contributed by atoms with Gasteiger partial charge in [0, 0.05) is 16.0 Å². The van der Waals surface area contributed by atoms with Crippen LogP contribution in [0.25, 0.3) is 0 Å². The van der Waals surface area contributed by atoms with Crippen LogP contribution in [-0.2, 0) is 6.54 Å². The van der Waals surface area contributed by atoms with Crippen LogP contribution in [0.2, 0.25) is 4.47 Å². The molecule has 2 rings (SSSR count). The van der Waals surface area contributed by atoms with Crippen LogP contribution in [-0.4, -0.2) is 10.5 Å². The summed E-state index contributed by atoms with van der Waals surface area (Å²) in [5, 5.41) is 2.78. The minimum atomic E-state index is -4.43. The Morgan fingerprint density at radius 1 is 1.35 bits per heavy atom. The smallest absolute Gasteiger partial charge is 0.378 e. The van der Waals surface area contributed by atoms with Crippen LogP contribution in [0.5, 0.6) is 0 Å². The average molecular weight is 343 g/mol. The molecular weight excluding hydrogens is 336 g/mol. The Labute approximate surface area is 125 Å². The van der Waals surface area contributed by atoms with Gasteiger partial charge in [-0.2, -0.15) is 13.2 Å². The molecule has 0 aliphatic rings. The molecule has 9 heteroatoms. The number of thioether (sulfide) groups is 1. The van der Waals surface area contributed by atoms with Gasteiger partial charge in [0.2, 0.25) is 0 Å². The van der Waals surface area contributed by atoms with Gasteiger partial charge in [0.1, 0.15) is 5.82 Å². The maximum Gasteiger partial charge on any atom is 0.446 e. The summed E-state index contributed by atoms with van der Waals surface area (Å²) in [6, 6.07) is 3.33. The van der Waals surface area contributed by atoms with E-state index in [4.69, 9.17) is 11.6 Å². The molecule has 2 aromatic rings. The highest BCUT2D eigenvalue weighted by Crippen LogP contribution is 2.37. The Bertz CT molecular complexity index is 600. The molecule has 0 atom stereocenters. The van der Waals surface area contributed by atoms with E-state index in [9.17, 15) is 17.6 Å². The fourth-order valence-electron chi connectivity index (χ4n) is 1.38. The van der Waals surface area contributed by atoms with Crippen LogP contribution in [0.1, 0.15) is 4.88 Å². The van der Waals surface area contributed by atoms with Crippen molar-refractivity contribution in [3.8, 4) is 0 Å². The molecule has 1 aromatic carbocycles. The van der Waals surface area contributed by atoms with E-state index in [0.717, 1.165) is 10.9 Å². The maximum atomic E-state index is 13.7. The molecule has 0 bridgehead atoms. The van der Waals surface area contributed by atoms with E-state index in [1.54, 1.807) is 6.20 Å². The lowest BCUT2D eigenvalue weighted by atomic mass is 10.3. The molecule has 1 N–H and O–H groups in total. The maximum absolute atomic E-state index is 13.7. The van der Waals surface area contributed by atoms with Crippen LogP contribution in [0.3, 0.4) is 0 Å². The molecule has 0 radical (unpaired) electrons. The second-order valence-corrected chi connectivity index (χ2v) is 6.46. The van der Waals surface area contributed by atoms with Gasteiger partial charge in [0.15, 0.2) is 4.47 Å². The lowest BCUT2D eigenvalue weighted by Gasteiger charge is -2.09. The monoisotopic (exact) mass is 342 g/mol. The van der Waals surface area contributed by atoms with Crippen molar-refractivity contribution < 1.29 is 17.6 Å². The number of aromatic nitrogens is 1. The third-order valence-electron chi connectivity index (χ3n) is 2.15. The molecule has 1 heterocycles. The van der Waals surface area contributed by atoms with Gasteiger partial charge in [0.25, 0.3) is 0 Å². The number of alkyl halides is 3. The summed E-state index contributed by atoms with van der Waals surface area (Å²) in [4.78, 5) is 4.43. The number of halogens is 5. The molecule has 2 nitrogen and oxygen atoms in total. The number of benzene rings is 1. The highest BCUT2D eigenvalue weighted by atomic mass is 35.5. The van der Waals surface area contributed by atoms with Crippen molar-refractivity contribution in [3.63, 3.8) is 0 Å². The number of nitrogens with zero attached hydrogens (tertiary/aromatic N) is 1. The lowest BCUT2D eigenvalue weighted by molar-refractivity contribution is -0.0328. The lowest BCUT2D eigenvalue weighted by Crippen LogP contribution is -2.02. The summed E-state index contributed by atoms with van der Waals surface area (Å²) in [7, 11) is 0. The van der Waals surface area contributed by atoms with Crippen molar-refractivity contribution in [1.29, 1.82) is 0 Å². The summed E-state index contributed by atoms with van der Waals surface area (Å²) >= 11 is 6.54. The number of anilines is 1. The number of thiazole rings is 1. The topological polar surface area (TPSA) is 24.9 Å². The molecular formula is C11H7ClF4N2S2. The molecule has 0 saturated carbocycles. The van der Waals surface area contributed by atoms with Crippen LogP contribution >= 0.6 is 34.7 Å². The van der Waals surface area contributed by atoms with Gasteiger partial charge in [-0.1, -0.05) is 11.6 Å². The van der Waals surface area contributed by atoms with E-state index < -0.39 is 11.3 Å². The van der Waals surface area contributed by atoms with Crippen LogP contribution < -0.4 is 5.32 Å². The molecule has 0 spiro atoms. The van der Waals surface area contributed by atoms with Crippen molar-refractivity contribution >= 4 is 40.4 Å². The second-order valence-electron chi connectivity index (χ2n) is 3.62. The predicted molar refractivity (Wildman–Crippen MR) is 72.8 cm³/mol. The van der Waals surface area contributed by atoms with E-state index in [-0.39, 0.29) is 22.3 Å². The first-order chi connectivity index (χ1) is 9.33. The molecule has 0 aliphatic heterocycles. The van der Waals surface area contributed by atoms with Gasteiger partial charge >= 0.3 is 5.51 Å². The minimum absolute atomic E-state index is 0.126. The first kappa shape index (κ1) is 15.4. The van der Waals surface area contributed by atoms with E-state index in [1.165, 1.54) is 23.5 Å². The van der Waals surface area contributed by atoms with Gasteiger partial charge in [-0.25, -0.2) is 9.37 Å². The fraction of sp³-hybridized carbons (Fsp3) is 0.182. The van der Waals surface area contributed by atoms with Gasteiger partial charge in [-0.15, -0.1) is 11.3 Å². The quantitative estimate of drug-likeness (QED) is 0.613. The fourth-order valence-corrected chi connectivity index (χ4v) is 2.87. The zero-order chi connectivity index (χ0) is 14.8. The standard InChI is InChI=1S/C11H7ClF4N2S2/c12-10-18-5-7(19-10)4-17-9-2-1-6(3-8(9)13)20-11(14,15)16/h1-3,5,17H,4H2. The summed E-state index contributed by atoms with van der Waals surface area (Å²) in [6.07, 6.45) is 1.55. The third kappa shape index (κ3) is 4.53. The molecule has 0 unspecified atom stereocenters. The molecule has 0 aliphatic carbocycles. The van der Waals surface area contributed by atoms with Crippen molar-refractivity contribution in [2.45, 2.75) is 16.9 Å². The highest BCUT2D eigenvalue weighted by Gasteiger charge is 2.29. The summed E-state index contributed by atoms with van der Waals surface area (Å²) in [5.41, 5.74) is -4.30. The average Bonchev–Trinajstić information content (AvgIpc) is 2.72. The van der Waals surface area contributed by atoms with E-state index in [0.29, 0.717) is 11.0 Å². The number of rotatable bonds is 4. The zero-order valence-electron chi connectivity index (χ0n) is 9.67. The molecule has 1 aromatic heterocycles. The Morgan fingerprint density at radius 3 is 2.65 bits per heavy atom. The summed E-state index contributed by atoms with van der Waals surface area (Å²) in [5.74, 6) is -0.741. The number of hydrogen-bond acceptors (Lipinski definition) is 4. The second kappa shape index (κ2) is 6.19. The Balaban J connectivity index is 2.02. The zero-order valence-corrected chi connectivity index (χ0v) is 12.1. The summed E-state index contributed by atoms with van der Waals surface area (Å²) < 4.78 is 50.5. The SMILES string of the molecule is Fc1cc(SC(F)(F)F)ccc1NCc1cnc(Cl)s1. The van der Waals surface area contributed by atoms with Gasteiger partial charge in [-0.3, -0.25) is 0 Å². The number of hydrogen-bond donors (Lipinski definition) is 1. The van der Waals surface area contributed by atoms with E-state index >= 15 is 0 Å². The van der Waals surface area contributed by atoms with Crippen molar-refractivity contribution in [3.05, 3.63) is 39.6 Å². The summed E-state index contributed by atoms with van der Waals surface area (Å²) in [6.45, 7) is 0.299. The van der Waals surface area contributed by atoms with E-state index in [2.05, 4.69) is 10.3 Å². The molecule has 0 fully saturated rings. The Kier molecular flexibility index (Phi) is 4.77. The first-order valence-corrected chi connectivity index (χ1v) is 7.24. The third-order valence-corrected chi connectivity index (χ3v) is 3.99. The van der Waals surface area contributed by atoms with Gasteiger partial charge < -0.3 is 5.32 Å². The number of nitrogens with one attached hydrogen (secondary N) is 1. The van der Waals surface area contributed by atoms with Crippen molar-refractivity contribution in [2.24, 2.45) is 0 Å². The molecule has 0 amide bonds. The first-order valence-electron chi connectivity index (χ1n) is 5.23. The predicted octanol–water partition coefficient (Wildman–Crippen LogP) is 5.16. The van der Waals surface area contributed by atoms with Crippen LogP contribution in [0.15, 0.2) is 29.3 Å². The Morgan fingerprint density at radius 2 is 2.10 bits per heavy atom. The van der Waals surface area contributed by atoms with Crippen molar-refractivity contribution in [1.82, 2.24) is 4.98 Å². The normalized spacial score (nSPS) is 11.7.